The summed E-state index contributed by atoms with van der Waals surface area (Å²) in [5, 5.41) is 4.96. The van der Waals surface area contributed by atoms with Crippen molar-refractivity contribution in [2.45, 2.75) is 43.7 Å². The second-order valence-corrected chi connectivity index (χ2v) is 7.76. The van der Waals surface area contributed by atoms with E-state index in [2.05, 4.69) is 29.2 Å². The predicted molar refractivity (Wildman–Crippen MR) is 87.6 cm³/mol. The van der Waals surface area contributed by atoms with Crippen molar-refractivity contribution in [1.82, 2.24) is 15.1 Å². The lowest BCUT2D eigenvalue weighted by Gasteiger charge is -2.37. The van der Waals surface area contributed by atoms with Crippen LogP contribution in [-0.2, 0) is 0 Å². The van der Waals surface area contributed by atoms with Crippen LogP contribution in [0.4, 0.5) is 0 Å². The van der Waals surface area contributed by atoms with Gasteiger partial charge in [0, 0.05) is 37.0 Å². The van der Waals surface area contributed by atoms with Gasteiger partial charge in [-0.05, 0) is 26.9 Å². The van der Waals surface area contributed by atoms with Crippen molar-refractivity contribution < 1.29 is 0 Å². The van der Waals surface area contributed by atoms with Crippen LogP contribution in [-0.4, -0.2) is 72.6 Å². The highest BCUT2D eigenvalue weighted by molar-refractivity contribution is 8.14. The summed E-state index contributed by atoms with van der Waals surface area (Å²) >= 11 is 1.95. The van der Waals surface area contributed by atoms with Crippen molar-refractivity contribution in [3.05, 3.63) is 0 Å². The van der Waals surface area contributed by atoms with E-state index in [0.717, 1.165) is 19.6 Å². The van der Waals surface area contributed by atoms with Crippen LogP contribution in [0.15, 0.2) is 4.99 Å². The largest absolute Gasteiger partial charge is 0.359 e. The lowest BCUT2D eigenvalue weighted by atomic mass is 9.83. The maximum absolute atomic E-state index is 4.88. The number of likely N-dealkylation sites (N-methyl/N-ethyl adjacent to an activating group) is 2. The summed E-state index contributed by atoms with van der Waals surface area (Å²) in [5.74, 6) is 1.23. The maximum atomic E-state index is 4.88. The van der Waals surface area contributed by atoms with Gasteiger partial charge < -0.3 is 10.2 Å². The molecule has 0 aromatic rings. The molecule has 114 valence electrons. The fourth-order valence-corrected chi connectivity index (χ4v) is 4.80. The van der Waals surface area contributed by atoms with Crippen LogP contribution in [0.25, 0.3) is 0 Å². The normalized spacial score (nSPS) is 33.7. The number of thioether (sulfide) groups is 1. The Kier molecular flexibility index (Phi) is 4.58. The van der Waals surface area contributed by atoms with E-state index in [9.17, 15) is 0 Å². The zero-order valence-corrected chi connectivity index (χ0v) is 13.7. The highest BCUT2D eigenvalue weighted by Crippen LogP contribution is 2.36. The van der Waals surface area contributed by atoms with Crippen molar-refractivity contribution >= 4 is 16.9 Å². The van der Waals surface area contributed by atoms with Gasteiger partial charge in [0.2, 0.25) is 0 Å². The van der Waals surface area contributed by atoms with Gasteiger partial charge in [-0.3, -0.25) is 9.89 Å². The summed E-state index contributed by atoms with van der Waals surface area (Å²) in [6.07, 6.45) is 6.87. The van der Waals surface area contributed by atoms with Crippen molar-refractivity contribution in [2.75, 3.05) is 46.0 Å². The number of piperazine rings is 1. The number of rotatable bonds is 2. The predicted octanol–water partition coefficient (Wildman–Crippen LogP) is 1.63. The maximum Gasteiger partial charge on any atom is 0.157 e. The van der Waals surface area contributed by atoms with Gasteiger partial charge >= 0.3 is 0 Å². The van der Waals surface area contributed by atoms with Gasteiger partial charge in [0.25, 0.3) is 0 Å². The van der Waals surface area contributed by atoms with E-state index in [0.29, 0.717) is 11.6 Å². The number of nitrogens with one attached hydrogen (secondary N) is 1. The smallest absolute Gasteiger partial charge is 0.157 e. The summed E-state index contributed by atoms with van der Waals surface area (Å²) in [5.41, 5.74) is 0.386. The van der Waals surface area contributed by atoms with E-state index in [1.54, 1.807) is 0 Å². The fourth-order valence-electron chi connectivity index (χ4n) is 3.58. The van der Waals surface area contributed by atoms with E-state index in [-0.39, 0.29) is 0 Å². The number of amidine groups is 1. The number of aliphatic imine (C=N–C) groups is 1. The first-order valence-corrected chi connectivity index (χ1v) is 9.00. The van der Waals surface area contributed by atoms with E-state index in [1.807, 2.05) is 11.8 Å². The first-order chi connectivity index (χ1) is 9.67. The second kappa shape index (κ2) is 6.24. The Balaban J connectivity index is 1.54. The van der Waals surface area contributed by atoms with Gasteiger partial charge in [-0.15, -0.1) is 0 Å². The van der Waals surface area contributed by atoms with Crippen LogP contribution in [0.5, 0.6) is 0 Å². The van der Waals surface area contributed by atoms with Crippen LogP contribution >= 0.6 is 11.8 Å². The fraction of sp³-hybridized carbons (Fsp3) is 0.933. The standard InChI is InChI=1S/C15H28N4S/c1-18-8-9-19(2)13(11-18)10-16-14-17-15(12-20-14)6-4-3-5-7-15/h13H,3-12H2,1-2H3,(H,16,17). The molecule has 0 bridgehead atoms. The van der Waals surface area contributed by atoms with Gasteiger partial charge in [0.1, 0.15) is 0 Å². The van der Waals surface area contributed by atoms with Crippen molar-refractivity contribution in [1.29, 1.82) is 0 Å². The molecule has 20 heavy (non-hydrogen) atoms. The molecule has 2 saturated heterocycles. The van der Waals surface area contributed by atoms with Gasteiger partial charge in [0.05, 0.1) is 6.54 Å². The van der Waals surface area contributed by atoms with Gasteiger partial charge in [-0.1, -0.05) is 31.0 Å². The molecule has 5 heteroatoms. The quantitative estimate of drug-likeness (QED) is 0.839. The molecule has 1 spiro atoms. The Hall–Kier alpha value is -0.260. The summed E-state index contributed by atoms with van der Waals surface area (Å²) < 4.78 is 0. The molecular weight excluding hydrogens is 268 g/mol. The summed E-state index contributed by atoms with van der Waals surface area (Å²) in [6, 6.07) is 0.576. The van der Waals surface area contributed by atoms with Gasteiger partial charge in [-0.2, -0.15) is 0 Å². The van der Waals surface area contributed by atoms with Gasteiger partial charge in [-0.25, -0.2) is 0 Å². The third kappa shape index (κ3) is 3.31. The molecule has 0 aromatic carbocycles. The van der Waals surface area contributed by atoms with Crippen LogP contribution < -0.4 is 5.32 Å². The van der Waals surface area contributed by atoms with Crippen molar-refractivity contribution in [2.24, 2.45) is 4.99 Å². The van der Waals surface area contributed by atoms with Crippen molar-refractivity contribution in [3.63, 3.8) is 0 Å². The second-order valence-electron chi connectivity index (χ2n) is 6.80. The number of hydrogen-bond acceptors (Lipinski definition) is 4. The minimum Gasteiger partial charge on any atom is -0.359 e. The molecule has 1 unspecified atom stereocenters. The minimum absolute atomic E-state index is 0.386. The molecule has 2 aliphatic heterocycles. The third-order valence-corrected chi connectivity index (χ3v) is 6.30. The average Bonchev–Trinajstić information content (AvgIpc) is 2.84. The first-order valence-electron chi connectivity index (χ1n) is 8.01. The van der Waals surface area contributed by atoms with E-state index < -0.39 is 0 Å². The van der Waals surface area contributed by atoms with Crippen LogP contribution in [0, 0.1) is 0 Å². The molecule has 0 amide bonds. The zero-order chi connectivity index (χ0) is 14.0. The number of nitrogens with zero attached hydrogens (tertiary/aromatic N) is 3. The third-order valence-electron chi connectivity index (χ3n) is 5.09. The molecule has 1 saturated carbocycles. The molecule has 0 aromatic heterocycles. The Labute approximate surface area is 127 Å². The summed E-state index contributed by atoms with van der Waals surface area (Å²) in [7, 11) is 4.45. The Morgan fingerprint density at radius 2 is 2.05 bits per heavy atom. The first kappa shape index (κ1) is 14.7. The monoisotopic (exact) mass is 296 g/mol. The molecule has 1 atom stereocenters. The zero-order valence-electron chi connectivity index (χ0n) is 12.9. The average molecular weight is 296 g/mol. The minimum atomic E-state index is 0.386. The molecule has 3 fully saturated rings. The lowest BCUT2D eigenvalue weighted by Crippen LogP contribution is -2.51. The molecule has 1 aliphatic carbocycles. The molecule has 1 N–H and O–H groups in total. The Morgan fingerprint density at radius 1 is 1.25 bits per heavy atom. The lowest BCUT2D eigenvalue weighted by molar-refractivity contribution is 0.119. The SMILES string of the molecule is CN1CCN(C)C(CN=C2NC3(CCCCC3)CS2)C1. The van der Waals surface area contributed by atoms with Crippen LogP contribution in [0.2, 0.25) is 0 Å². The van der Waals surface area contributed by atoms with E-state index in [1.165, 1.54) is 49.6 Å². The van der Waals surface area contributed by atoms with Crippen LogP contribution in [0.3, 0.4) is 0 Å². The molecule has 2 heterocycles. The van der Waals surface area contributed by atoms with Crippen molar-refractivity contribution in [3.8, 4) is 0 Å². The summed E-state index contributed by atoms with van der Waals surface area (Å²) in [4.78, 5) is 9.76. The van der Waals surface area contributed by atoms with Crippen LogP contribution in [0.1, 0.15) is 32.1 Å². The highest BCUT2D eigenvalue weighted by Gasteiger charge is 2.38. The van der Waals surface area contributed by atoms with E-state index >= 15 is 0 Å². The molecule has 3 rings (SSSR count). The molecule has 3 aliphatic rings. The Bertz CT molecular complexity index is 365. The van der Waals surface area contributed by atoms with E-state index in [4.69, 9.17) is 4.99 Å². The number of hydrogen-bond donors (Lipinski definition) is 1. The molecular formula is C15H28N4S. The summed E-state index contributed by atoms with van der Waals surface area (Å²) in [6.45, 7) is 4.42. The van der Waals surface area contributed by atoms with Gasteiger partial charge in [0.15, 0.2) is 5.17 Å². The molecule has 4 nitrogen and oxygen atoms in total. The highest BCUT2D eigenvalue weighted by atomic mass is 32.2. The Morgan fingerprint density at radius 3 is 2.85 bits per heavy atom. The topological polar surface area (TPSA) is 30.9 Å². The molecule has 0 radical (unpaired) electrons.